The molecule has 0 radical (unpaired) electrons. The highest BCUT2D eigenvalue weighted by Gasteiger charge is 2.43. The summed E-state index contributed by atoms with van der Waals surface area (Å²) in [6.45, 7) is 2.88. The van der Waals surface area contributed by atoms with Crippen molar-refractivity contribution in [1.82, 2.24) is 15.6 Å². The van der Waals surface area contributed by atoms with Crippen molar-refractivity contribution < 1.29 is 14.4 Å². The minimum atomic E-state index is -1.07. The highest BCUT2D eigenvalue weighted by molar-refractivity contribution is 6.05. The summed E-state index contributed by atoms with van der Waals surface area (Å²) >= 11 is 0. The van der Waals surface area contributed by atoms with Crippen molar-refractivity contribution >= 4 is 17.8 Å². The second-order valence-corrected chi connectivity index (χ2v) is 3.47. The third-order valence-corrected chi connectivity index (χ3v) is 2.15. The Kier molecular flexibility index (Phi) is 2.43. The standard InChI is InChI=1S/C7H12N4O3/c1-7(2)5(13)9-4(12)3-11(7)6(14)10-8/h3,8H2,1-2H3,(H,10,14)(H,9,12,13). The molecule has 4 N–H and O–H groups in total. The van der Waals surface area contributed by atoms with E-state index >= 15 is 0 Å². The molecule has 0 aromatic carbocycles. The van der Waals surface area contributed by atoms with E-state index in [-0.39, 0.29) is 6.54 Å². The van der Waals surface area contributed by atoms with Crippen LogP contribution in [0.25, 0.3) is 0 Å². The smallest absolute Gasteiger partial charge is 0.300 e. The predicted octanol–water partition coefficient (Wildman–Crippen LogP) is -1.69. The van der Waals surface area contributed by atoms with Crippen molar-refractivity contribution in [2.24, 2.45) is 5.84 Å². The zero-order chi connectivity index (χ0) is 10.9. The van der Waals surface area contributed by atoms with Crippen molar-refractivity contribution in [1.29, 1.82) is 0 Å². The van der Waals surface area contributed by atoms with Gasteiger partial charge in [0.25, 0.3) is 5.91 Å². The maximum atomic E-state index is 11.4. The van der Waals surface area contributed by atoms with Crippen LogP contribution in [0.3, 0.4) is 0 Å². The van der Waals surface area contributed by atoms with E-state index in [4.69, 9.17) is 5.84 Å². The molecule has 1 aliphatic heterocycles. The van der Waals surface area contributed by atoms with Crippen LogP contribution in [-0.4, -0.2) is 34.8 Å². The SMILES string of the molecule is CC1(C)C(=O)NC(=O)CN1C(=O)NN. The number of nitrogens with zero attached hydrogens (tertiary/aromatic N) is 1. The number of nitrogens with two attached hydrogens (primary N) is 1. The molecular weight excluding hydrogens is 188 g/mol. The number of carbonyl (C=O) groups excluding carboxylic acids is 3. The van der Waals surface area contributed by atoms with Gasteiger partial charge in [-0.3, -0.25) is 20.3 Å². The number of nitrogens with one attached hydrogen (secondary N) is 2. The van der Waals surface area contributed by atoms with Gasteiger partial charge in [0.1, 0.15) is 12.1 Å². The van der Waals surface area contributed by atoms with E-state index in [1.807, 2.05) is 5.43 Å². The van der Waals surface area contributed by atoms with Crippen LogP contribution in [0.2, 0.25) is 0 Å². The van der Waals surface area contributed by atoms with Crippen molar-refractivity contribution in [3.63, 3.8) is 0 Å². The summed E-state index contributed by atoms with van der Waals surface area (Å²) in [5.41, 5.74) is 0.814. The minimum absolute atomic E-state index is 0.179. The molecule has 7 heteroatoms. The minimum Gasteiger partial charge on any atom is -0.300 e. The highest BCUT2D eigenvalue weighted by Crippen LogP contribution is 2.17. The van der Waals surface area contributed by atoms with Gasteiger partial charge in [-0.25, -0.2) is 10.6 Å². The molecule has 1 fully saturated rings. The summed E-state index contributed by atoms with van der Waals surface area (Å²) in [7, 11) is 0. The lowest BCUT2D eigenvalue weighted by Gasteiger charge is -2.39. The number of urea groups is 1. The zero-order valence-electron chi connectivity index (χ0n) is 7.96. The number of hydrogen-bond acceptors (Lipinski definition) is 4. The summed E-state index contributed by atoms with van der Waals surface area (Å²) in [5, 5.41) is 2.14. The molecule has 0 atom stereocenters. The van der Waals surface area contributed by atoms with Crippen molar-refractivity contribution in [3.8, 4) is 0 Å². The molecular formula is C7H12N4O3. The summed E-state index contributed by atoms with van der Waals surface area (Å²) < 4.78 is 0. The fraction of sp³-hybridized carbons (Fsp3) is 0.571. The lowest BCUT2D eigenvalue weighted by molar-refractivity contribution is -0.142. The molecule has 14 heavy (non-hydrogen) atoms. The van der Waals surface area contributed by atoms with Crippen LogP contribution >= 0.6 is 0 Å². The normalized spacial score (nSPS) is 20.4. The van der Waals surface area contributed by atoms with Gasteiger partial charge in [-0.2, -0.15) is 0 Å². The predicted molar refractivity (Wildman–Crippen MR) is 46.7 cm³/mol. The molecule has 0 unspecified atom stereocenters. The third kappa shape index (κ3) is 1.53. The fourth-order valence-corrected chi connectivity index (χ4v) is 1.19. The lowest BCUT2D eigenvalue weighted by atomic mass is 9.99. The Balaban J connectivity index is 2.96. The van der Waals surface area contributed by atoms with Crippen molar-refractivity contribution in [2.45, 2.75) is 19.4 Å². The number of carbonyl (C=O) groups is 3. The summed E-state index contributed by atoms with van der Waals surface area (Å²) in [6, 6.07) is -0.654. The van der Waals surface area contributed by atoms with E-state index in [1.54, 1.807) is 0 Å². The van der Waals surface area contributed by atoms with Gasteiger partial charge in [0.05, 0.1) is 0 Å². The first-order valence-electron chi connectivity index (χ1n) is 4.02. The van der Waals surface area contributed by atoms with Gasteiger partial charge in [0.2, 0.25) is 5.91 Å². The van der Waals surface area contributed by atoms with Gasteiger partial charge in [0, 0.05) is 0 Å². The van der Waals surface area contributed by atoms with E-state index < -0.39 is 23.4 Å². The van der Waals surface area contributed by atoms with Gasteiger partial charge in [-0.1, -0.05) is 0 Å². The molecule has 1 heterocycles. The molecule has 78 valence electrons. The Hall–Kier alpha value is -1.63. The van der Waals surface area contributed by atoms with Gasteiger partial charge < -0.3 is 4.90 Å². The maximum Gasteiger partial charge on any atom is 0.332 e. The first-order chi connectivity index (χ1) is 6.39. The van der Waals surface area contributed by atoms with Crippen LogP contribution in [0, 0.1) is 0 Å². The number of amides is 4. The average molecular weight is 200 g/mol. The Morgan fingerprint density at radius 1 is 1.57 bits per heavy atom. The fourth-order valence-electron chi connectivity index (χ4n) is 1.19. The first kappa shape index (κ1) is 10.5. The van der Waals surface area contributed by atoms with Gasteiger partial charge >= 0.3 is 6.03 Å². The summed E-state index contributed by atoms with van der Waals surface area (Å²) in [4.78, 5) is 34.7. The van der Waals surface area contributed by atoms with Crippen LogP contribution in [0.1, 0.15) is 13.8 Å². The third-order valence-electron chi connectivity index (χ3n) is 2.15. The molecule has 1 aliphatic rings. The van der Waals surface area contributed by atoms with E-state index in [0.717, 1.165) is 4.90 Å². The van der Waals surface area contributed by atoms with Crippen LogP contribution in [0.15, 0.2) is 0 Å². The maximum absolute atomic E-state index is 11.4. The molecule has 0 saturated carbocycles. The number of hydrogen-bond donors (Lipinski definition) is 3. The van der Waals surface area contributed by atoms with Crippen molar-refractivity contribution in [3.05, 3.63) is 0 Å². The van der Waals surface area contributed by atoms with Gasteiger partial charge in [-0.15, -0.1) is 0 Å². The molecule has 0 spiro atoms. The topological polar surface area (TPSA) is 105 Å². The Labute approximate surface area is 80.6 Å². The van der Waals surface area contributed by atoms with E-state index in [9.17, 15) is 14.4 Å². The monoisotopic (exact) mass is 200 g/mol. The first-order valence-corrected chi connectivity index (χ1v) is 4.02. The van der Waals surface area contributed by atoms with Gasteiger partial charge in [-0.05, 0) is 13.8 Å². The molecule has 0 bridgehead atoms. The highest BCUT2D eigenvalue weighted by atomic mass is 16.2. The summed E-state index contributed by atoms with van der Waals surface area (Å²) in [6.07, 6.45) is 0. The van der Waals surface area contributed by atoms with Crippen molar-refractivity contribution in [2.75, 3.05) is 6.54 Å². The molecule has 0 aliphatic carbocycles. The Bertz CT molecular complexity index is 299. The van der Waals surface area contributed by atoms with Gasteiger partial charge in [0.15, 0.2) is 0 Å². The Morgan fingerprint density at radius 2 is 2.14 bits per heavy atom. The number of hydrazine groups is 1. The second kappa shape index (κ2) is 3.26. The number of rotatable bonds is 0. The molecule has 1 saturated heterocycles. The Morgan fingerprint density at radius 3 is 2.64 bits per heavy atom. The number of imide groups is 1. The second-order valence-electron chi connectivity index (χ2n) is 3.47. The van der Waals surface area contributed by atoms with Crippen LogP contribution < -0.4 is 16.6 Å². The molecule has 0 aromatic rings. The van der Waals surface area contributed by atoms with Crippen LogP contribution in [0.5, 0.6) is 0 Å². The van der Waals surface area contributed by atoms with Crippen LogP contribution in [-0.2, 0) is 9.59 Å². The quantitative estimate of drug-likeness (QED) is 0.188. The molecule has 1 rings (SSSR count). The summed E-state index contributed by atoms with van der Waals surface area (Å²) in [5.74, 6) is 3.90. The average Bonchev–Trinajstić information content (AvgIpc) is 2.10. The molecule has 0 aromatic heterocycles. The van der Waals surface area contributed by atoms with E-state index in [0.29, 0.717) is 0 Å². The molecule has 4 amide bonds. The van der Waals surface area contributed by atoms with E-state index in [1.165, 1.54) is 13.8 Å². The zero-order valence-corrected chi connectivity index (χ0v) is 7.96. The van der Waals surface area contributed by atoms with Crippen LogP contribution in [0.4, 0.5) is 4.79 Å². The lowest BCUT2D eigenvalue weighted by Crippen LogP contribution is -2.67. The largest absolute Gasteiger partial charge is 0.332 e. The molecule has 7 nitrogen and oxygen atoms in total. The number of piperazine rings is 1. The van der Waals surface area contributed by atoms with E-state index in [2.05, 4.69) is 5.32 Å².